The molecule has 1 aliphatic heterocycles. The zero-order valence-corrected chi connectivity index (χ0v) is 10.1. The third-order valence-corrected chi connectivity index (χ3v) is 3.06. The van der Waals surface area contributed by atoms with Gasteiger partial charge in [0.25, 0.3) is 5.91 Å². The van der Waals surface area contributed by atoms with Gasteiger partial charge in [0, 0.05) is 6.54 Å². The van der Waals surface area contributed by atoms with Gasteiger partial charge in [0.1, 0.15) is 0 Å². The van der Waals surface area contributed by atoms with Gasteiger partial charge in [0.15, 0.2) is 5.69 Å². The molecule has 6 nitrogen and oxygen atoms in total. The van der Waals surface area contributed by atoms with E-state index >= 15 is 0 Å². The highest BCUT2D eigenvalue weighted by Gasteiger charge is 2.25. The molecule has 0 unspecified atom stereocenters. The number of aromatic amines is 1. The molecule has 92 valence electrons. The summed E-state index contributed by atoms with van der Waals surface area (Å²) < 4.78 is 0. The fraction of sp³-hybridized carbons (Fsp3) is 0.333. The Morgan fingerprint density at radius 3 is 3.06 bits per heavy atom. The predicted molar refractivity (Wildman–Crippen MR) is 65.4 cm³/mol. The molecule has 2 aromatic heterocycles. The first-order chi connectivity index (χ1) is 8.75. The Kier molecular flexibility index (Phi) is 2.55. The standard InChI is InChI=1S/C12H13N5O/c1-8-4-5-10(16-14-8)12(18)17-6-2-3-9-11(17)7-13-15-9/h4-5,7H,2-3,6H2,1H3,(H,13,15). The summed E-state index contributed by atoms with van der Waals surface area (Å²) in [4.78, 5) is 14.1. The average molecular weight is 243 g/mol. The second kappa shape index (κ2) is 4.21. The van der Waals surface area contributed by atoms with E-state index in [9.17, 15) is 4.79 Å². The Bertz CT molecular complexity index is 574. The summed E-state index contributed by atoms with van der Waals surface area (Å²) in [7, 11) is 0. The van der Waals surface area contributed by atoms with Crippen LogP contribution in [0, 0.1) is 6.92 Å². The Morgan fingerprint density at radius 2 is 2.28 bits per heavy atom. The first-order valence-corrected chi connectivity index (χ1v) is 5.90. The average Bonchev–Trinajstić information content (AvgIpc) is 2.87. The molecule has 1 aliphatic rings. The second-order valence-corrected chi connectivity index (χ2v) is 4.35. The van der Waals surface area contributed by atoms with Crippen LogP contribution in [-0.2, 0) is 6.42 Å². The van der Waals surface area contributed by atoms with Gasteiger partial charge in [-0.3, -0.25) is 9.89 Å². The SMILES string of the molecule is Cc1ccc(C(=O)N2CCCc3[nH]ncc32)nn1. The number of rotatable bonds is 1. The van der Waals surface area contributed by atoms with Crippen LogP contribution in [-0.4, -0.2) is 32.8 Å². The quantitative estimate of drug-likeness (QED) is 0.813. The molecule has 0 atom stereocenters. The highest BCUT2D eigenvalue weighted by Crippen LogP contribution is 2.25. The number of aryl methyl sites for hydroxylation is 2. The van der Waals surface area contributed by atoms with E-state index in [-0.39, 0.29) is 5.91 Å². The fourth-order valence-corrected chi connectivity index (χ4v) is 2.12. The van der Waals surface area contributed by atoms with Crippen molar-refractivity contribution in [1.82, 2.24) is 20.4 Å². The molecular formula is C12H13N5O. The molecule has 0 fully saturated rings. The van der Waals surface area contributed by atoms with Gasteiger partial charge in [0.05, 0.1) is 23.3 Å². The summed E-state index contributed by atoms with van der Waals surface area (Å²) in [6.45, 7) is 2.54. The van der Waals surface area contributed by atoms with Gasteiger partial charge in [-0.1, -0.05) is 0 Å². The molecule has 3 rings (SSSR count). The lowest BCUT2D eigenvalue weighted by Crippen LogP contribution is -2.35. The zero-order valence-electron chi connectivity index (χ0n) is 10.1. The van der Waals surface area contributed by atoms with Gasteiger partial charge in [-0.05, 0) is 31.9 Å². The molecular weight excluding hydrogens is 230 g/mol. The number of nitrogens with zero attached hydrogens (tertiary/aromatic N) is 4. The van der Waals surface area contributed by atoms with Crippen LogP contribution < -0.4 is 4.90 Å². The molecule has 1 amide bonds. The van der Waals surface area contributed by atoms with Crippen LogP contribution in [0.15, 0.2) is 18.3 Å². The van der Waals surface area contributed by atoms with E-state index in [1.165, 1.54) is 0 Å². The van der Waals surface area contributed by atoms with E-state index < -0.39 is 0 Å². The predicted octanol–water partition coefficient (Wildman–Crippen LogP) is 1.10. The molecule has 1 N–H and O–H groups in total. The normalized spacial score (nSPS) is 14.4. The van der Waals surface area contributed by atoms with Gasteiger partial charge >= 0.3 is 0 Å². The third-order valence-electron chi connectivity index (χ3n) is 3.06. The maximum atomic E-state index is 12.4. The number of carbonyl (C=O) groups is 1. The highest BCUT2D eigenvalue weighted by molar-refractivity contribution is 6.05. The van der Waals surface area contributed by atoms with E-state index in [1.807, 2.05) is 6.92 Å². The van der Waals surface area contributed by atoms with Crippen molar-refractivity contribution in [2.75, 3.05) is 11.4 Å². The second-order valence-electron chi connectivity index (χ2n) is 4.35. The minimum atomic E-state index is -0.121. The van der Waals surface area contributed by atoms with E-state index in [1.54, 1.807) is 23.2 Å². The fourth-order valence-electron chi connectivity index (χ4n) is 2.12. The Labute approximate surface area is 104 Å². The Balaban J connectivity index is 1.93. The van der Waals surface area contributed by atoms with Crippen molar-refractivity contribution in [3.05, 3.63) is 35.4 Å². The molecule has 6 heteroatoms. The summed E-state index contributed by atoms with van der Waals surface area (Å²) in [5.74, 6) is -0.121. The molecule has 0 saturated heterocycles. The van der Waals surface area contributed by atoms with Crippen molar-refractivity contribution >= 4 is 11.6 Å². The summed E-state index contributed by atoms with van der Waals surface area (Å²) in [6, 6.07) is 3.50. The van der Waals surface area contributed by atoms with Crippen LogP contribution in [0.4, 0.5) is 5.69 Å². The van der Waals surface area contributed by atoms with Crippen molar-refractivity contribution in [3.63, 3.8) is 0 Å². The number of anilines is 1. The van der Waals surface area contributed by atoms with E-state index in [2.05, 4.69) is 20.4 Å². The molecule has 0 bridgehead atoms. The number of fused-ring (bicyclic) bond motifs is 1. The largest absolute Gasteiger partial charge is 0.304 e. The maximum absolute atomic E-state index is 12.4. The molecule has 0 aliphatic carbocycles. The van der Waals surface area contributed by atoms with Gasteiger partial charge < -0.3 is 4.90 Å². The van der Waals surface area contributed by atoms with Gasteiger partial charge in [-0.2, -0.15) is 10.2 Å². The number of hydrogen-bond acceptors (Lipinski definition) is 4. The van der Waals surface area contributed by atoms with E-state index in [0.29, 0.717) is 12.2 Å². The van der Waals surface area contributed by atoms with Crippen LogP contribution in [0.5, 0.6) is 0 Å². The van der Waals surface area contributed by atoms with Crippen molar-refractivity contribution in [3.8, 4) is 0 Å². The summed E-state index contributed by atoms with van der Waals surface area (Å²) in [6.07, 6.45) is 3.55. The van der Waals surface area contributed by atoms with Crippen LogP contribution in [0.1, 0.15) is 28.3 Å². The van der Waals surface area contributed by atoms with Gasteiger partial charge in [-0.15, -0.1) is 5.10 Å². The number of nitrogens with one attached hydrogen (secondary N) is 1. The van der Waals surface area contributed by atoms with Crippen molar-refractivity contribution in [1.29, 1.82) is 0 Å². The first kappa shape index (κ1) is 10.9. The molecule has 0 saturated carbocycles. The highest BCUT2D eigenvalue weighted by atomic mass is 16.2. The first-order valence-electron chi connectivity index (χ1n) is 5.90. The summed E-state index contributed by atoms with van der Waals surface area (Å²) >= 11 is 0. The van der Waals surface area contributed by atoms with E-state index in [4.69, 9.17) is 0 Å². The lowest BCUT2D eigenvalue weighted by atomic mass is 10.1. The summed E-state index contributed by atoms with van der Waals surface area (Å²) in [5.41, 5.74) is 3.03. The number of hydrogen-bond donors (Lipinski definition) is 1. The minimum absolute atomic E-state index is 0.121. The van der Waals surface area contributed by atoms with Crippen LogP contribution in [0.3, 0.4) is 0 Å². The number of H-pyrrole nitrogens is 1. The van der Waals surface area contributed by atoms with Crippen molar-refractivity contribution in [2.24, 2.45) is 0 Å². The monoisotopic (exact) mass is 243 g/mol. The Morgan fingerprint density at radius 1 is 1.39 bits per heavy atom. The minimum Gasteiger partial charge on any atom is -0.304 e. The molecule has 0 aromatic carbocycles. The van der Waals surface area contributed by atoms with Gasteiger partial charge in [-0.25, -0.2) is 0 Å². The lowest BCUT2D eigenvalue weighted by molar-refractivity contribution is 0.0979. The van der Waals surface area contributed by atoms with Gasteiger partial charge in [0.2, 0.25) is 0 Å². The van der Waals surface area contributed by atoms with Crippen LogP contribution in [0.2, 0.25) is 0 Å². The van der Waals surface area contributed by atoms with Crippen molar-refractivity contribution in [2.45, 2.75) is 19.8 Å². The number of amides is 1. The third kappa shape index (κ3) is 1.75. The molecule has 18 heavy (non-hydrogen) atoms. The summed E-state index contributed by atoms with van der Waals surface area (Å²) in [5, 5.41) is 14.8. The van der Waals surface area contributed by atoms with Crippen LogP contribution in [0.25, 0.3) is 0 Å². The van der Waals surface area contributed by atoms with Crippen molar-refractivity contribution < 1.29 is 4.79 Å². The smallest absolute Gasteiger partial charge is 0.278 e. The number of aromatic nitrogens is 4. The lowest BCUT2D eigenvalue weighted by Gasteiger charge is -2.25. The molecule has 0 spiro atoms. The Hall–Kier alpha value is -2.24. The zero-order chi connectivity index (χ0) is 12.5. The molecule has 0 radical (unpaired) electrons. The molecule has 2 aromatic rings. The maximum Gasteiger partial charge on any atom is 0.278 e. The van der Waals surface area contributed by atoms with E-state index in [0.717, 1.165) is 29.9 Å². The topological polar surface area (TPSA) is 74.8 Å². The molecule has 3 heterocycles. The van der Waals surface area contributed by atoms with Crippen LogP contribution >= 0.6 is 0 Å². The number of carbonyl (C=O) groups excluding carboxylic acids is 1.